The summed E-state index contributed by atoms with van der Waals surface area (Å²) in [7, 11) is 0. The third-order valence-electron chi connectivity index (χ3n) is 4.17. The number of alkyl halides is 2. The molecular weight excluding hydrogens is 302 g/mol. The van der Waals surface area contributed by atoms with E-state index in [9.17, 15) is 13.6 Å². The predicted octanol–water partition coefficient (Wildman–Crippen LogP) is 3.29. The van der Waals surface area contributed by atoms with Gasteiger partial charge in [0.15, 0.2) is 0 Å². The van der Waals surface area contributed by atoms with Gasteiger partial charge in [-0.1, -0.05) is 19.1 Å². The SMILES string of the molecule is CC(CC(=O)Nc1ccccc1OCC(F)F)C1CCCNC1. The zero-order valence-electron chi connectivity index (χ0n) is 13.4. The Bertz CT molecular complexity index is 505. The van der Waals surface area contributed by atoms with Crippen LogP contribution in [0.2, 0.25) is 0 Å². The molecule has 128 valence electrons. The first-order valence-electron chi connectivity index (χ1n) is 8.07. The van der Waals surface area contributed by atoms with Crippen LogP contribution in [0.15, 0.2) is 24.3 Å². The Morgan fingerprint density at radius 2 is 2.22 bits per heavy atom. The normalized spacial score (nSPS) is 19.4. The first-order valence-corrected chi connectivity index (χ1v) is 8.07. The molecule has 0 radical (unpaired) electrons. The molecular formula is C17H24F2N2O2. The molecule has 1 amide bonds. The number of rotatable bonds is 7. The number of benzene rings is 1. The lowest BCUT2D eigenvalue weighted by Crippen LogP contribution is -2.34. The molecule has 0 saturated carbocycles. The number of carbonyl (C=O) groups is 1. The Morgan fingerprint density at radius 1 is 1.43 bits per heavy atom. The molecule has 1 heterocycles. The molecule has 1 fully saturated rings. The fourth-order valence-corrected chi connectivity index (χ4v) is 2.87. The van der Waals surface area contributed by atoms with E-state index in [-0.39, 0.29) is 17.6 Å². The van der Waals surface area contributed by atoms with Crippen molar-refractivity contribution in [3.8, 4) is 5.75 Å². The number of hydrogen-bond donors (Lipinski definition) is 2. The van der Waals surface area contributed by atoms with Gasteiger partial charge in [-0.3, -0.25) is 4.79 Å². The van der Waals surface area contributed by atoms with Crippen LogP contribution in [0.4, 0.5) is 14.5 Å². The van der Waals surface area contributed by atoms with Gasteiger partial charge in [0, 0.05) is 6.42 Å². The number of para-hydroxylation sites is 2. The second kappa shape index (κ2) is 8.82. The summed E-state index contributed by atoms with van der Waals surface area (Å²) in [4.78, 5) is 12.2. The third-order valence-corrected chi connectivity index (χ3v) is 4.17. The lowest BCUT2D eigenvalue weighted by Gasteiger charge is -2.28. The molecule has 2 N–H and O–H groups in total. The molecule has 23 heavy (non-hydrogen) atoms. The van der Waals surface area contributed by atoms with Crippen molar-refractivity contribution >= 4 is 11.6 Å². The fraction of sp³-hybridized carbons (Fsp3) is 0.588. The summed E-state index contributed by atoms with van der Waals surface area (Å²) in [6.07, 6.45) is 0.143. The number of halogens is 2. The van der Waals surface area contributed by atoms with Gasteiger partial charge in [-0.15, -0.1) is 0 Å². The minimum Gasteiger partial charge on any atom is -0.485 e. The number of carbonyl (C=O) groups excluding carboxylic acids is 1. The molecule has 1 aromatic rings. The molecule has 1 aliphatic rings. The van der Waals surface area contributed by atoms with Crippen LogP contribution in [-0.4, -0.2) is 32.0 Å². The van der Waals surface area contributed by atoms with Crippen LogP contribution < -0.4 is 15.4 Å². The predicted molar refractivity (Wildman–Crippen MR) is 85.9 cm³/mol. The van der Waals surface area contributed by atoms with Crippen LogP contribution in [0.1, 0.15) is 26.2 Å². The van der Waals surface area contributed by atoms with Gasteiger partial charge in [0.2, 0.25) is 5.91 Å². The van der Waals surface area contributed by atoms with Gasteiger partial charge in [0.05, 0.1) is 5.69 Å². The van der Waals surface area contributed by atoms with Gasteiger partial charge in [-0.25, -0.2) is 8.78 Å². The van der Waals surface area contributed by atoms with Crippen molar-refractivity contribution in [3.63, 3.8) is 0 Å². The smallest absolute Gasteiger partial charge is 0.272 e. The Hall–Kier alpha value is -1.69. The molecule has 0 bridgehead atoms. The summed E-state index contributed by atoms with van der Waals surface area (Å²) in [5.74, 6) is 0.932. The van der Waals surface area contributed by atoms with Gasteiger partial charge >= 0.3 is 0 Å². The number of nitrogens with one attached hydrogen (secondary N) is 2. The summed E-state index contributed by atoms with van der Waals surface area (Å²) in [5.41, 5.74) is 0.437. The average Bonchev–Trinajstić information content (AvgIpc) is 2.54. The van der Waals surface area contributed by atoms with E-state index >= 15 is 0 Å². The molecule has 4 nitrogen and oxygen atoms in total. The van der Waals surface area contributed by atoms with E-state index in [2.05, 4.69) is 17.6 Å². The molecule has 2 atom stereocenters. The summed E-state index contributed by atoms with van der Waals surface area (Å²) in [5, 5.41) is 6.13. The van der Waals surface area contributed by atoms with Gasteiger partial charge in [0.25, 0.3) is 6.43 Å². The highest BCUT2D eigenvalue weighted by atomic mass is 19.3. The molecule has 2 rings (SSSR count). The van der Waals surface area contributed by atoms with Crippen molar-refractivity contribution in [2.45, 2.75) is 32.6 Å². The van der Waals surface area contributed by atoms with Gasteiger partial charge in [0.1, 0.15) is 12.4 Å². The topological polar surface area (TPSA) is 50.4 Å². The maximum Gasteiger partial charge on any atom is 0.272 e. The lowest BCUT2D eigenvalue weighted by atomic mass is 9.85. The summed E-state index contributed by atoms with van der Waals surface area (Å²) in [6, 6.07) is 6.66. The Labute approximate surface area is 135 Å². The van der Waals surface area contributed by atoms with Gasteiger partial charge < -0.3 is 15.4 Å². The van der Waals surface area contributed by atoms with Crippen molar-refractivity contribution < 1.29 is 18.3 Å². The first-order chi connectivity index (χ1) is 11.1. The molecule has 1 saturated heterocycles. The van der Waals surface area contributed by atoms with Crippen LogP contribution in [0.25, 0.3) is 0 Å². The van der Waals surface area contributed by atoms with Crippen molar-refractivity contribution in [2.75, 3.05) is 25.0 Å². The highest BCUT2D eigenvalue weighted by molar-refractivity contribution is 5.92. The highest BCUT2D eigenvalue weighted by Gasteiger charge is 2.22. The Balaban J connectivity index is 1.89. The maximum absolute atomic E-state index is 12.3. The Kier molecular flexibility index (Phi) is 6.77. The second-order valence-electron chi connectivity index (χ2n) is 6.03. The molecule has 6 heteroatoms. The fourth-order valence-electron chi connectivity index (χ4n) is 2.87. The van der Waals surface area contributed by atoms with E-state index < -0.39 is 13.0 Å². The van der Waals surface area contributed by atoms with Crippen molar-refractivity contribution in [2.24, 2.45) is 11.8 Å². The molecule has 0 spiro atoms. The zero-order chi connectivity index (χ0) is 16.7. The Morgan fingerprint density at radius 3 is 2.91 bits per heavy atom. The number of amides is 1. The van der Waals surface area contributed by atoms with E-state index in [0.29, 0.717) is 18.0 Å². The number of piperidine rings is 1. The van der Waals surface area contributed by atoms with Crippen molar-refractivity contribution in [1.29, 1.82) is 0 Å². The molecule has 1 aliphatic heterocycles. The average molecular weight is 326 g/mol. The standard InChI is InChI=1S/C17H24F2N2O2/c1-12(13-5-4-8-20-10-13)9-17(22)21-14-6-2-3-7-15(14)23-11-16(18)19/h2-3,6-7,12-13,16,20H,4-5,8-11H2,1H3,(H,21,22). The second-order valence-corrected chi connectivity index (χ2v) is 6.03. The molecule has 2 unspecified atom stereocenters. The van der Waals surface area contributed by atoms with E-state index in [1.54, 1.807) is 24.3 Å². The lowest BCUT2D eigenvalue weighted by molar-refractivity contribution is -0.117. The summed E-state index contributed by atoms with van der Waals surface area (Å²) >= 11 is 0. The maximum atomic E-state index is 12.3. The molecule has 0 aliphatic carbocycles. The van der Waals surface area contributed by atoms with Crippen LogP contribution in [0, 0.1) is 11.8 Å². The third kappa shape index (κ3) is 5.78. The quantitative estimate of drug-likeness (QED) is 0.808. The minimum atomic E-state index is -2.54. The number of anilines is 1. The van der Waals surface area contributed by atoms with E-state index in [4.69, 9.17) is 4.74 Å². The number of ether oxygens (including phenoxy) is 1. The monoisotopic (exact) mass is 326 g/mol. The van der Waals surface area contributed by atoms with Crippen LogP contribution in [0.3, 0.4) is 0 Å². The summed E-state index contributed by atoms with van der Waals surface area (Å²) in [6.45, 7) is 3.39. The van der Waals surface area contributed by atoms with Gasteiger partial charge in [-0.2, -0.15) is 0 Å². The van der Waals surface area contributed by atoms with Crippen LogP contribution in [-0.2, 0) is 4.79 Å². The largest absolute Gasteiger partial charge is 0.485 e. The summed E-state index contributed by atoms with van der Waals surface area (Å²) < 4.78 is 29.6. The molecule has 0 aromatic heterocycles. The van der Waals surface area contributed by atoms with Crippen LogP contribution >= 0.6 is 0 Å². The first kappa shape index (κ1) is 17.7. The number of hydrogen-bond acceptors (Lipinski definition) is 3. The van der Waals surface area contributed by atoms with E-state index in [1.807, 2.05) is 0 Å². The highest BCUT2D eigenvalue weighted by Crippen LogP contribution is 2.26. The van der Waals surface area contributed by atoms with Crippen molar-refractivity contribution in [1.82, 2.24) is 5.32 Å². The van der Waals surface area contributed by atoms with E-state index in [1.165, 1.54) is 0 Å². The molecule has 1 aromatic carbocycles. The zero-order valence-corrected chi connectivity index (χ0v) is 13.4. The van der Waals surface area contributed by atoms with Crippen molar-refractivity contribution in [3.05, 3.63) is 24.3 Å². The van der Waals surface area contributed by atoms with E-state index in [0.717, 1.165) is 25.9 Å². The van der Waals surface area contributed by atoms with Crippen LogP contribution in [0.5, 0.6) is 5.75 Å². The minimum absolute atomic E-state index is 0.115. The van der Waals surface area contributed by atoms with Gasteiger partial charge in [-0.05, 0) is 49.9 Å².